The lowest BCUT2D eigenvalue weighted by Gasteiger charge is -2.30. The highest BCUT2D eigenvalue weighted by Gasteiger charge is 2.35. The SMILES string of the molecule is COC(=O)CCSc1nc2c(c(=O)[nH]1)[C@@H](C1CCCC1)Cc1ccccc1-2. The molecule has 1 aromatic heterocycles. The van der Waals surface area contributed by atoms with Gasteiger partial charge in [-0.1, -0.05) is 48.9 Å². The van der Waals surface area contributed by atoms with Gasteiger partial charge in [-0.25, -0.2) is 4.98 Å². The molecule has 0 amide bonds. The van der Waals surface area contributed by atoms with Gasteiger partial charge in [-0.2, -0.15) is 0 Å². The quantitative estimate of drug-likeness (QED) is 0.480. The maximum absolute atomic E-state index is 13.0. The number of fused-ring (bicyclic) bond motifs is 3. The Morgan fingerprint density at radius 2 is 2.07 bits per heavy atom. The molecule has 5 nitrogen and oxygen atoms in total. The summed E-state index contributed by atoms with van der Waals surface area (Å²) < 4.78 is 4.68. The average Bonchev–Trinajstić information content (AvgIpc) is 3.22. The number of rotatable bonds is 5. The number of thioether (sulfide) groups is 1. The van der Waals surface area contributed by atoms with Crippen molar-refractivity contribution in [2.24, 2.45) is 5.92 Å². The van der Waals surface area contributed by atoms with Crippen LogP contribution in [0.3, 0.4) is 0 Å². The minimum atomic E-state index is -0.255. The fourth-order valence-corrected chi connectivity index (χ4v) is 5.23. The van der Waals surface area contributed by atoms with Crippen LogP contribution in [0.2, 0.25) is 0 Å². The highest BCUT2D eigenvalue weighted by atomic mass is 32.2. The lowest BCUT2D eigenvalue weighted by atomic mass is 9.74. The number of ether oxygens (including phenoxy) is 1. The van der Waals surface area contributed by atoms with Crippen LogP contribution in [-0.2, 0) is 16.0 Å². The van der Waals surface area contributed by atoms with E-state index in [4.69, 9.17) is 4.98 Å². The van der Waals surface area contributed by atoms with Gasteiger partial charge in [0.25, 0.3) is 5.56 Å². The zero-order valence-electron chi connectivity index (χ0n) is 15.5. The van der Waals surface area contributed by atoms with Crippen molar-refractivity contribution in [1.29, 1.82) is 0 Å². The fraction of sp³-hybridized carbons (Fsp3) is 0.476. The number of aromatic amines is 1. The fourth-order valence-electron chi connectivity index (χ4n) is 4.44. The third-order valence-corrected chi connectivity index (χ3v) is 6.63. The van der Waals surface area contributed by atoms with Gasteiger partial charge in [0.2, 0.25) is 0 Å². The third kappa shape index (κ3) is 3.68. The van der Waals surface area contributed by atoms with Crippen LogP contribution in [0.4, 0.5) is 0 Å². The molecule has 6 heteroatoms. The molecule has 142 valence electrons. The topological polar surface area (TPSA) is 72.0 Å². The number of benzene rings is 1. The molecule has 2 aliphatic rings. The van der Waals surface area contributed by atoms with Crippen molar-refractivity contribution in [3.05, 3.63) is 45.7 Å². The maximum atomic E-state index is 13.0. The number of carbonyl (C=O) groups excluding carboxylic acids is 1. The van der Waals surface area contributed by atoms with Gasteiger partial charge in [0.1, 0.15) is 0 Å². The van der Waals surface area contributed by atoms with E-state index in [-0.39, 0.29) is 17.4 Å². The summed E-state index contributed by atoms with van der Waals surface area (Å²) in [5.74, 6) is 1.09. The summed E-state index contributed by atoms with van der Waals surface area (Å²) >= 11 is 1.39. The molecule has 1 atom stereocenters. The van der Waals surface area contributed by atoms with Crippen molar-refractivity contribution in [3.63, 3.8) is 0 Å². The second-order valence-corrected chi connectivity index (χ2v) is 8.40. The second kappa shape index (κ2) is 7.89. The number of carbonyl (C=O) groups is 1. The van der Waals surface area contributed by atoms with Crippen LogP contribution >= 0.6 is 11.8 Å². The average molecular weight is 385 g/mol. The highest BCUT2D eigenvalue weighted by molar-refractivity contribution is 7.99. The molecule has 1 fully saturated rings. The predicted octanol–water partition coefficient (Wildman–Crippen LogP) is 3.92. The first-order valence-electron chi connectivity index (χ1n) is 9.59. The Morgan fingerprint density at radius 3 is 2.85 bits per heavy atom. The Bertz CT molecular complexity index is 903. The summed E-state index contributed by atoms with van der Waals surface area (Å²) in [6, 6.07) is 8.29. The Hall–Kier alpha value is -2.08. The Labute approximate surface area is 162 Å². The first kappa shape index (κ1) is 18.3. The van der Waals surface area contributed by atoms with E-state index in [1.807, 2.05) is 6.07 Å². The molecular weight excluding hydrogens is 360 g/mol. The normalized spacial score (nSPS) is 18.8. The van der Waals surface area contributed by atoms with E-state index >= 15 is 0 Å². The Balaban J connectivity index is 1.70. The van der Waals surface area contributed by atoms with Crippen LogP contribution < -0.4 is 5.56 Å². The molecule has 0 bridgehead atoms. The van der Waals surface area contributed by atoms with E-state index in [0.717, 1.165) is 23.2 Å². The van der Waals surface area contributed by atoms with Crippen molar-refractivity contribution in [1.82, 2.24) is 9.97 Å². The second-order valence-electron chi connectivity index (χ2n) is 7.32. The number of methoxy groups -OCH3 is 1. The molecule has 4 rings (SSSR count). The van der Waals surface area contributed by atoms with E-state index < -0.39 is 0 Å². The molecule has 1 saturated carbocycles. The summed E-state index contributed by atoms with van der Waals surface area (Å²) in [5.41, 5.74) is 4.02. The first-order chi connectivity index (χ1) is 13.2. The molecule has 27 heavy (non-hydrogen) atoms. The third-order valence-electron chi connectivity index (χ3n) is 5.76. The number of aromatic nitrogens is 2. The van der Waals surface area contributed by atoms with Gasteiger partial charge < -0.3 is 9.72 Å². The van der Waals surface area contributed by atoms with E-state index in [2.05, 4.69) is 27.9 Å². The molecular formula is C21H24N2O3S. The molecule has 2 aliphatic carbocycles. The minimum absolute atomic E-state index is 0.0213. The zero-order chi connectivity index (χ0) is 18.8. The van der Waals surface area contributed by atoms with Gasteiger partial charge in [-0.3, -0.25) is 9.59 Å². The molecule has 0 radical (unpaired) electrons. The monoisotopic (exact) mass is 384 g/mol. The predicted molar refractivity (Wildman–Crippen MR) is 106 cm³/mol. The van der Waals surface area contributed by atoms with Gasteiger partial charge in [0.05, 0.1) is 19.2 Å². The van der Waals surface area contributed by atoms with Crippen LogP contribution in [0.5, 0.6) is 0 Å². The van der Waals surface area contributed by atoms with Crippen LogP contribution in [0, 0.1) is 5.92 Å². The van der Waals surface area contributed by atoms with Gasteiger partial charge >= 0.3 is 5.97 Å². The van der Waals surface area contributed by atoms with Gasteiger partial charge in [0.15, 0.2) is 5.16 Å². The number of esters is 1. The summed E-state index contributed by atoms with van der Waals surface area (Å²) in [5, 5.41) is 0.574. The molecule has 0 saturated heterocycles. The van der Waals surface area contributed by atoms with Crippen molar-refractivity contribution >= 4 is 17.7 Å². The van der Waals surface area contributed by atoms with Crippen molar-refractivity contribution in [2.45, 2.75) is 49.6 Å². The molecule has 1 heterocycles. The number of nitrogens with zero attached hydrogens (tertiary/aromatic N) is 1. The lowest BCUT2D eigenvalue weighted by Crippen LogP contribution is -2.28. The summed E-state index contributed by atoms with van der Waals surface area (Å²) in [4.78, 5) is 32.1. The van der Waals surface area contributed by atoms with Crippen LogP contribution in [0.1, 0.15) is 49.1 Å². The van der Waals surface area contributed by atoms with Crippen molar-refractivity contribution < 1.29 is 9.53 Å². The summed E-state index contributed by atoms with van der Waals surface area (Å²) in [7, 11) is 1.38. The smallest absolute Gasteiger partial charge is 0.306 e. The standard InChI is InChI=1S/C21H24N2O3S/c1-26-17(24)10-11-27-21-22-19-15-9-5-4-8-14(15)12-16(13-6-2-3-7-13)18(19)20(25)23-21/h4-5,8-9,13,16H,2-3,6-7,10-12H2,1H3,(H,22,23,25)/t16-/m1/s1. The van der Waals surface area contributed by atoms with E-state index in [1.165, 1.54) is 50.1 Å². The zero-order valence-corrected chi connectivity index (χ0v) is 16.3. The Kier molecular flexibility index (Phi) is 5.34. The molecule has 1 N–H and O–H groups in total. The lowest BCUT2D eigenvalue weighted by molar-refractivity contribution is -0.140. The molecule has 0 spiro atoms. The van der Waals surface area contributed by atoms with Crippen molar-refractivity contribution in [2.75, 3.05) is 12.9 Å². The van der Waals surface area contributed by atoms with Gasteiger partial charge in [0, 0.05) is 16.9 Å². The first-order valence-corrected chi connectivity index (χ1v) is 10.6. The number of hydrogen-bond acceptors (Lipinski definition) is 5. The van der Waals surface area contributed by atoms with Crippen LogP contribution in [0.25, 0.3) is 11.3 Å². The van der Waals surface area contributed by atoms with E-state index in [1.54, 1.807) is 0 Å². The molecule has 0 aliphatic heterocycles. The van der Waals surface area contributed by atoms with E-state index in [9.17, 15) is 9.59 Å². The summed E-state index contributed by atoms with van der Waals surface area (Å²) in [6.45, 7) is 0. The van der Waals surface area contributed by atoms with Crippen LogP contribution in [0.15, 0.2) is 34.2 Å². The summed E-state index contributed by atoms with van der Waals surface area (Å²) in [6.07, 6.45) is 6.12. The van der Waals surface area contributed by atoms with Gasteiger partial charge in [-0.15, -0.1) is 0 Å². The number of hydrogen-bond donors (Lipinski definition) is 1. The molecule has 1 aromatic carbocycles. The maximum Gasteiger partial charge on any atom is 0.306 e. The van der Waals surface area contributed by atoms with E-state index in [0.29, 0.717) is 23.2 Å². The largest absolute Gasteiger partial charge is 0.469 e. The number of nitrogens with one attached hydrogen (secondary N) is 1. The highest BCUT2D eigenvalue weighted by Crippen LogP contribution is 2.45. The molecule has 2 aromatic rings. The number of H-pyrrole nitrogens is 1. The van der Waals surface area contributed by atoms with Crippen LogP contribution in [-0.4, -0.2) is 28.8 Å². The molecule has 0 unspecified atom stereocenters. The minimum Gasteiger partial charge on any atom is -0.469 e. The Morgan fingerprint density at radius 1 is 1.30 bits per heavy atom. The van der Waals surface area contributed by atoms with Crippen molar-refractivity contribution in [3.8, 4) is 11.3 Å². The van der Waals surface area contributed by atoms with Gasteiger partial charge in [-0.05, 0) is 36.7 Å².